The molecule has 0 unspecified atom stereocenters. The molecule has 3 aromatic carbocycles. The van der Waals surface area contributed by atoms with Gasteiger partial charge in [0.2, 0.25) is 0 Å². The third-order valence-electron chi connectivity index (χ3n) is 5.93. The Balaban J connectivity index is 1.76. The second-order valence-electron chi connectivity index (χ2n) is 8.82. The summed E-state index contributed by atoms with van der Waals surface area (Å²) in [6.07, 6.45) is 0.966. The molecule has 1 N–H and O–H groups in total. The van der Waals surface area contributed by atoms with Gasteiger partial charge in [-0.25, -0.2) is 0 Å². The van der Waals surface area contributed by atoms with E-state index in [1.54, 1.807) is 24.3 Å². The van der Waals surface area contributed by atoms with E-state index >= 15 is 0 Å². The molecule has 0 aliphatic rings. The van der Waals surface area contributed by atoms with Gasteiger partial charge >= 0.3 is 0 Å². The molecule has 0 aliphatic carbocycles. The van der Waals surface area contributed by atoms with E-state index in [0.29, 0.717) is 39.7 Å². The summed E-state index contributed by atoms with van der Waals surface area (Å²) in [6, 6.07) is 12.5. The second kappa shape index (κ2) is 9.08. The summed E-state index contributed by atoms with van der Waals surface area (Å²) in [5, 5.41) is 1.69. The zero-order chi connectivity index (χ0) is 25.6. The van der Waals surface area contributed by atoms with E-state index in [1.807, 2.05) is 37.2 Å². The molecule has 0 fully saturated rings. The van der Waals surface area contributed by atoms with Crippen LogP contribution in [0.3, 0.4) is 0 Å². The predicted octanol–water partition coefficient (Wildman–Crippen LogP) is 2.66. The fraction of sp³-hybridized carbons (Fsp3) is 0.280. The van der Waals surface area contributed by atoms with Crippen LogP contribution in [-0.2, 0) is 20.8 Å². The van der Waals surface area contributed by atoms with Crippen LogP contribution in [0.5, 0.6) is 5.75 Å². The van der Waals surface area contributed by atoms with Crippen molar-refractivity contribution in [1.82, 2.24) is 14.5 Å². The smallest absolute Gasteiger partial charge is 0.265 e. The van der Waals surface area contributed by atoms with Crippen molar-refractivity contribution in [2.24, 2.45) is 0 Å². The first-order valence-corrected chi connectivity index (χ1v) is 13.1. The molecule has 0 radical (unpaired) electrons. The number of hydrogen-bond acceptors (Lipinski definition) is 8. The van der Waals surface area contributed by atoms with Crippen molar-refractivity contribution in [2.45, 2.75) is 6.54 Å². The van der Waals surface area contributed by atoms with Gasteiger partial charge in [0.1, 0.15) is 19.0 Å². The SMILES string of the molecule is CN(C)CCn1c(=O)c2c3cc(OCCOS(C)(=O)=O)ccc3c3[nH]c4ccccc4oc3c2c1=O. The first kappa shape index (κ1) is 24.0. The maximum absolute atomic E-state index is 13.5. The van der Waals surface area contributed by atoms with E-state index in [0.717, 1.165) is 11.8 Å². The molecule has 36 heavy (non-hydrogen) atoms. The van der Waals surface area contributed by atoms with Crippen LogP contribution in [0.2, 0.25) is 0 Å². The molecule has 188 valence electrons. The van der Waals surface area contributed by atoms with Crippen LogP contribution in [0.25, 0.3) is 43.7 Å². The zero-order valence-corrected chi connectivity index (χ0v) is 20.8. The fourth-order valence-corrected chi connectivity index (χ4v) is 4.67. The molecule has 0 saturated carbocycles. The monoisotopic (exact) mass is 511 g/mol. The van der Waals surface area contributed by atoms with E-state index in [2.05, 4.69) is 4.98 Å². The highest BCUT2D eigenvalue weighted by molar-refractivity contribution is 7.85. The Labute approximate surface area is 205 Å². The van der Waals surface area contributed by atoms with Crippen LogP contribution in [0, 0.1) is 0 Å². The Morgan fingerprint density at radius 3 is 2.50 bits per heavy atom. The van der Waals surface area contributed by atoms with Crippen LogP contribution >= 0.6 is 0 Å². The van der Waals surface area contributed by atoms with E-state index in [9.17, 15) is 18.0 Å². The first-order valence-electron chi connectivity index (χ1n) is 11.3. The molecule has 5 aromatic rings. The van der Waals surface area contributed by atoms with E-state index in [4.69, 9.17) is 13.3 Å². The Morgan fingerprint density at radius 1 is 1.00 bits per heavy atom. The van der Waals surface area contributed by atoms with Crippen molar-refractivity contribution in [2.75, 3.05) is 40.1 Å². The van der Waals surface area contributed by atoms with Crippen molar-refractivity contribution in [3.63, 3.8) is 0 Å². The summed E-state index contributed by atoms with van der Waals surface area (Å²) in [7, 11) is 0.163. The summed E-state index contributed by atoms with van der Waals surface area (Å²) in [6.45, 7) is 0.588. The van der Waals surface area contributed by atoms with Gasteiger partial charge in [-0.05, 0) is 44.4 Å². The highest BCUT2D eigenvalue weighted by Crippen LogP contribution is 2.35. The van der Waals surface area contributed by atoms with Gasteiger partial charge in [-0.1, -0.05) is 12.1 Å². The number of fused-ring (bicyclic) bond motifs is 7. The molecule has 0 spiro atoms. The first-order chi connectivity index (χ1) is 17.1. The topological polar surface area (TPSA) is 124 Å². The third-order valence-corrected chi connectivity index (χ3v) is 6.53. The van der Waals surface area contributed by atoms with Crippen molar-refractivity contribution in [3.05, 3.63) is 63.2 Å². The predicted molar refractivity (Wildman–Crippen MR) is 138 cm³/mol. The van der Waals surface area contributed by atoms with E-state index < -0.39 is 21.2 Å². The molecular weight excluding hydrogens is 486 g/mol. The Morgan fingerprint density at radius 2 is 1.75 bits per heavy atom. The number of aromatic nitrogens is 2. The minimum atomic E-state index is -3.58. The number of benzene rings is 3. The number of nitrogens with one attached hydrogen (secondary N) is 1. The number of nitrogens with zero attached hydrogens (tertiary/aromatic N) is 2. The maximum atomic E-state index is 13.5. The van der Waals surface area contributed by atoms with Gasteiger partial charge in [0.05, 0.1) is 28.1 Å². The lowest BCUT2D eigenvalue weighted by molar-refractivity contribution is 0.222. The Kier molecular flexibility index (Phi) is 6.07. The zero-order valence-electron chi connectivity index (χ0n) is 20.0. The number of para-hydroxylation sites is 2. The highest BCUT2D eigenvalue weighted by Gasteiger charge is 2.22. The average molecular weight is 512 g/mol. The Bertz CT molecular complexity index is 1850. The van der Waals surface area contributed by atoms with Crippen molar-refractivity contribution < 1.29 is 21.8 Å². The summed E-state index contributed by atoms with van der Waals surface area (Å²) in [5.41, 5.74) is 1.39. The second-order valence-corrected chi connectivity index (χ2v) is 10.5. The lowest BCUT2D eigenvalue weighted by Gasteiger charge is -2.10. The summed E-state index contributed by atoms with van der Waals surface area (Å²) in [5.74, 6) is 0.408. The molecule has 0 aliphatic heterocycles. The molecule has 0 atom stereocenters. The molecule has 2 aromatic heterocycles. The van der Waals surface area contributed by atoms with Gasteiger partial charge in [-0.2, -0.15) is 8.42 Å². The third kappa shape index (κ3) is 4.36. The van der Waals surface area contributed by atoms with Gasteiger partial charge in [0, 0.05) is 23.9 Å². The summed E-state index contributed by atoms with van der Waals surface area (Å²) in [4.78, 5) is 32.3. The number of hydrogen-bond donors (Lipinski definition) is 1. The molecule has 0 saturated heterocycles. The number of aromatic amines is 1. The normalized spacial score (nSPS) is 12.4. The molecule has 10 nitrogen and oxygen atoms in total. The largest absolute Gasteiger partial charge is 0.491 e. The Hall–Kier alpha value is -3.67. The van der Waals surface area contributed by atoms with Gasteiger partial charge in [0.25, 0.3) is 21.2 Å². The summed E-state index contributed by atoms with van der Waals surface area (Å²) >= 11 is 0. The van der Waals surface area contributed by atoms with Crippen LogP contribution in [0.4, 0.5) is 0 Å². The number of likely N-dealkylation sites (N-methyl/N-ethyl adjacent to an activating group) is 1. The number of rotatable bonds is 8. The average Bonchev–Trinajstić information content (AvgIpc) is 3.08. The van der Waals surface area contributed by atoms with Gasteiger partial charge < -0.3 is 19.0 Å². The molecule has 11 heteroatoms. The lowest BCUT2D eigenvalue weighted by Crippen LogP contribution is -2.30. The molecule has 0 bridgehead atoms. The summed E-state index contributed by atoms with van der Waals surface area (Å²) < 4.78 is 40.2. The standard InChI is InChI=1S/C25H25N3O7S/c1-27(2)10-11-28-24(29)20-17-14-15(33-12-13-34-36(3,31)32)8-9-16(17)22-23(21(20)25(28)30)35-19-7-5-4-6-18(19)26-22/h4-9,14,26H,10-13H2,1-3H3. The quantitative estimate of drug-likeness (QED) is 0.146. The van der Waals surface area contributed by atoms with Crippen LogP contribution in [0.15, 0.2) is 56.5 Å². The van der Waals surface area contributed by atoms with Crippen LogP contribution in [-0.4, -0.2) is 63.0 Å². The van der Waals surface area contributed by atoms with Crippen LogP contribution < -0.4 is 15.9 Å². The van der Waals surface area contributed by atoms with Gasteiger partial charge in [-0.15, -0.1) is 0 Å². The van der Waals surface area contributed by atoms with Crippen molar-refractivity contribution in [3.8, 4) is 5.75 Å². The molecular formula is C25H25N3O7S. The minimum Gasteiger partial charge on any atom is -0.491 e. The fourth-order valence-electron chi connectivity index (χ4n) is 4.30. The van der Waals surface area contributed by atoms with E-state index in [-0.39, 0.29) is 30.5 Å². The number of ether oxygens (including phenoxy) is 1. The highest BCUT2D eigenvalue weighted by atomic mass is 32.2. The van der Waals surface area contributed by atoms with Crippen LogP contribution in [0.1, 0.15) is 0 Å². The lowest BCUT2D eigenvalue weighted by atomic mass is 10.0. The van der Waals surface area contributed by atoms with Gasteiger partial charge in [-0.3, -0.25) is 18.3 Å². The molecule has 0 amide bonds. The van der Waals surface area contributed by atoms with Crippen molar-refractivity contribution in [1.29, 1.82) is 0 Å². The van der Waals surface area contributed by atoms with Crippen molar-refractivity contribution >= 4 is 53.9 Å². The maximum Gasteiger partial charge on any atom is 0.265 e. The van der Waals surface area contributed by atoms with Gasteiger partial charge in [0.15, 0.2) is 11.2 Å². The molecule has 5 rings (SSSR count). The minimum absolute atomic E-state index is 0.0116. The van der Waals surface area contributed by atoms with E-state index in [1.165, 1.54) is 4.57 Å². The molecule has 2 heterocycles. The number of H-pyrrole nitrogens is 1.